The van der Waals surface area contributed by atoms with Gasteiger partial charge in [-0.2, -0.15) is 0 Å². The quantitative estimate of drug-likeness (QED) is 0.0167. The third-order valence-corrected chi connectivity index (χ3v) is 9.94. The number of aliphatic hydroxyl groups excluding tert-OH is 2. The number of ether oxygens (including phenoxy) is 2. The van der Waals surface area contributed by atoms with Crippen LogP contribution in [0.5, 0.6) is 0 Å². The van der Waals surface area contributed by atoms with E-state index in [1.165, 1.54) is 19.3 Å². The molecule has 5 N–H and O–H groups in total. The standard InChI is InChI=1S/C46H76O14P2/c1-3-5-7-8-9-10-11-12-13-14-15-16-21-24-27-30-33-37-46(50)60-44(41-59-62(54,55)58-39-43(48)38-57-61(51,52)53)40-56-45(49)36-32-29-26-23-20-18-17-19-22-25-28-31-35-42(47)34-6-4-2/h9-10,12-13,15-18,22-27,31,35,42-44,47-48H,3-8,11,14,19-21,28-30,32-34,36-41H2,1-2H3,(H,54,55)(H2,51,52,53)/b10-9-,13-12-,16-15-,18-17-,25-22-,26-23-,27-24-,35-31-/t42-,43-,44+/m0/s1. The SMILES string of the molecule is CCCCC/C=C\C/C=C\C/C=C\C/C=C\CCCC(=O)O[C@H](COC(=O)CCC/C=C\C/C=C\C/C=C\C/C=C\[C@@H](O)CCCC)COP(=O)(O)OC[C@@H](O)COP(=O)(O)O. The topological polar surface area (TPSA) is 216 Å². The largest absolute Gasteiger partial charge is 0.472 e. The second kappa shape index (κ2) is 40.8. The summed E-state index contributed by atoms with van der Waals surface area (Å²) in [6.45, 7) is 1.42. The number of allylic oxidation sites excluding steroid dienone is 15. The van der Waals surface area contributed by atoms with Crippen molar-refractivity contribution in [2.24, 2.45) is 0 Å². The van der Waals surface area contributed by atoms with Gasteiger partial charge in [0.2, 0.25) is 0 Å². The first-order valence-electron chi connectivity index (χ1n) is 22.0. The van der Waals surface area contributed by atoms with Gasteiger partial charge in [0.15, 0.2) is 6.10 Å². The monoisotopic (exact) mass is 914 g/mol. The summed E-state index contributed by atoms with van der Waals surface area (Å²) in [5.74, 6) is -1.20. The average Bonchev–Trinajstić information content (AvgIpc) is 3.23. The highest BCUT2D eigenvalue weighted by Gasteiger charge is 2.28. The van der Waals surface area contributed by atoms with Crippen LogP contribution in [0.1, 0.15) is 136 Å². The van der Waals surface area contributed by atoms with E-state index in [1.54, 1.807) is 0 Å². The van der Waals surface area contributed by atoms with Crippen molar-refractivity contribution < 1.29 is 66.7 Å². The number of carbonyl (C=O) groups excluding carboxylic acids is 2. The van der Waals surface area contributed by atoms with Crippen molar-refractivity contribution in [3.8, 4) is 0 Å². The number of carbonyl (C=O) groups is 2. The number of rotatable bonds is 40. The molecule has 354 valence electrons. The van der Waals surface area contributed by atoms with E-state index in [9.17, 15) is 33.8 Å². The maximum Gasteiger partial charge on any atom is 0.472 e. The Balaban J connectivity index is 4.74. The van der Waals surface area contributed by atoms with Crippen molar-refractivity contribution in [3.63, 3.8) is 0 Å². The first kappa shape index (κ1) is 59.0. The molecule has 0 aromatic heterocycles. The van der Waals surface area contributed by atoms with Gasteiger partial charge in [-0.3, -0.25) is 23.2 Å². The molecule has 0 fully saturated rings. The van der Waals surface area contributed by atoms with Gasteiger partial charge in [-0.1, -0.05) is 137 Å². The van der Waals surface area contributed by atoms with Gasteiger partial charge in [0.25, 0.3) is 0 Å². The van der Waals surface area contributed by atoms with Crippen molar-refractivity contribution in [1.82, 2.24) is 0 Å². The molecule has 1 unspecified atom stereocenters. The molecule has 4 atom stereocenters. The van der Waals surface area contributed by atoms with Crippen LogP contribution in [-0.2, 0) is 41.8 Å². The fraction of sp³-hybridized carbons (Fsp3) is 0.609. The molecule has 0 saturated heterocycles. The first-order chi connectivity index (χ1) is 29.8. The lowest BCUT2D eigenvalue weighted by Gasteiger charge is -2.20. The Morgan fingerprint density at radius 3 is 1.45 bits per heavy atom. The third kappa shape index (κ3) is 43.6. The summed E-state index contributed by atoms with van der Waals surface area (Å²) in [5.41, 5.74) is 0. The van der Waals surface area contributed by atoms with E-state index in [2.05, 4.69) is 77.6 Å². The predicted molar refractivity (Wildman–Crippen MR) is 245 cm³/mol. The van der Waals surface area contributed by atoms with Gasteiger partial charge < -0.3 is 34.4 Å². The summed E-state index contributed by atoms with van der Waals surface area (Å²) in [5, 5.41) is 19.6. The molecule has 0 bridgehead atoms. The molecular weight excluding hydrogens is 838 g/mol. The van der Waals surface area contributed by atoms with Gasteiger partial charge in [0.05, 0.1) is 25.9 Å². The minimum absolute atomic E-state index is 0.0301. The van der Waals surface area contributed by atoms with E-state index in [4.69, 9.17) is 23.8 Å². The Hall–Kier alpha value is -3.00. The Kier molecular flexibility index (Phi) is 38.8. The molecule has 0 heterocycles. The third-order valence-electron chi connectivity index (χ3n) is 8.51. The molecule has 16 heteroatoms. The van der Waals surface area contributed by atoms with Crippen molar-refractivity contribution in [2.75, 3.05) is 26.4 Å². The molecule has 0 saturated carbocycles. The smallest absolute Gasteiger partial charge is 0.462 e. The van der Waals surface area contributed by atoms with E-state index in [0.717, 1.165) is 64.2 Å². The highest BCUT2D eigenvalue weighted by atomic mass is 31.2. The van der Waals surface area contributed by atoms with Crippen molar-refractivity contribution in [3.05, 3.63) is 97.2 Å². The van der Waals surface area contributed by atoms with Gasteiger partial charge >= 0.3 is 27.6 Å². The molecular formula is C46H76O14P2. The number of phosphoric acid groups is 2. The fourth-order valence-electron chi connectivity index (χ4n) is 5.11. The first-order valence-corrected chi connectivity index (χ1v) is 25.0. The van der Waals surface area contributed by atoms with Gasteiger partial charge in [-0.15, -0.1) is 0 Å². The molecule has 62 heavy (non-hydrogen) atoms. The van der Waals surface area contributed by atoms with Crippen LogP contribution in [-0.4, -0.2) is 81.6 Å². The van der Waals surface area contributed by atoms with E-state index < -0.39 is 66.2 Å². The van der Waals surface area contributed by atoms with Gasteiger partial charge in [0, 0.05) is 12.8 Å². The van der Waals surface area contributed by atoms with Crippen LogP contribution in [0.25, 0.3) is 0 Å². The molecule has 0 aliphatic rings. The molecule has 0 radical (unpaired) electrons. The summed E-state index contributed by atoms with van der Waals surface area (Å²) in [6, 6.07) is 0. The lowest BCUT2D eigenvalue weighted by atomic mass is 10.1. The molecule has 14 nitrogen and oxygen atoms in total. The van der Waals surface area contributed by atoms with Gasteiger partial charge in [0.1, 0.15) is 12.7 Å². The molecule has 0 aliphatic carbocycles. The van der Waals surface area contributed by atoms with Crippen LogP contribution < -0.4 is 0 Å². The predicted octanol–water partition coefficient (Wildman–Crippen LogP) is 10.3. The molecule has 0 aromatic rings. The average molecular weight is 915 g/mol. The second-order valence-corrected chi connectivity index (χ2v) is 17.1. The summed E-state index contributed by atoms with van der Waals surface area (Å²) < 4.78 is 47.6. The number of unbranched alkanes of at least 4 members (excludes halogenated alkanes) is 6. The van der Waals surface area contributed by atoms with Crippen LogP contribution in [0, 0.1) is 0 Å². The van der Waals surface area contributed by atoms with Crippen LogP contribution in [0.3, 0.4) is 0 Å². The van der Waals surface area contributed by atoms with E-state index >= 15 is 0 Å². The van der Waals surface area contributed by atoms with Crippen LogP contribution >= 0.6 is 15.6 Å². The lowest BCUT2D eigenvalue weighted by molar-refractivity contribution is -0.161. The van der Waals surface area contributed by atoms with E-state index in [1.807, 2.05) is 42.5 Å². The van der Waals surface area contributed by atoms with Crippen molar-refractivity contribution in [2.45, 2.75) is 154 Å². The Labute approximate surface area is 371 Å². The van der Waals surface area contributed by atoms with Crippen LogP contribution in [0.2, 0.25) is 0 Å². The Morgan fingerprint density at radius 1 is 0.516 bits per heavy atom. The minimum atomic E-state index is -4.88. The van der Waals surface area contributed by atoms with Crippen LogP contribution in [0.4, 0.5) is 0 Å². The molecule has 0 amide bonds. The van der Waals surface area contributed by atoms with Crippen molar-refractivity contribution in [1.29, 1.82) is 0 Å². The number of hydrogen-bond donors (Lipinski definition) is 5. The number of phosphoric ester groups is 2. The normalized spacial score (nSPS) is 15.4. The maximum atomic E-state index is 12.6. The summed E-state index contributed by atoms with van der Waals surface area (Å²) in [7, 11) is -9.73. The summed E-state index contributed by atoms with van der Waals surface area (Å²) >= 11 is 0. The second-order valence-electron chi connectivity index (χ2n) is 14.4. The van der Waals surface area contributed by atoms with Crippen LogP contribution in [0.15, 0.2) is 97.2 Å². The van der Waals surface area contributed by atoms with Gasteiger partial charge in [-0.25, -0.2) is 9.13 Å². The Bertz CT molecular complexity index is 1480. The summed E-state index contributed by atoms with van der Waals surface area (Å²) in [6.07, 6.45) is 44.6. The highest BCUT2D eigenvalue weighted by Crippen LogP contribution is 2.43. The molecule has 0 aromatic carbocycles. The van der Waals surface area contributed by atoms with E-state index in [0.29, 0.717) is 25.7 Å². The fourth-order valence-corrected chi connectivity index (χ4v) is 6.27. The number of esters is 2. The zero-order valence-corrected chi connectivity index (χ0v) is 38.8. The zero-order chi connectivity index (χ0) is 46.0. The zero-order valence-electron chi connectivity index (χ0n) is 37.0. The maximum absolute atomic E-state index is 12.6. The summed E-state index contributed by atoms with van der Waals surface area (Å²) in [4.78, 5) is 52.7. The van der Waals surface area contributed by atoms with E-state index in [-0.39, 0.29) is 18.9 Å². The highest BCUT2D eigenvalue weighted by molar-refractivity contribution is 7.47. The molecule has 0 rings (SSSR count). The van der Waals surface area contributed by atoms with Crippen molar-refractivity contribution >= 4 is 27.6 Å². The Morgan fingerprint density at radius 2 is 0.952 bits per heavy atom. The molecule has 0 aliphatic heterocycles. The minimum Gasteiger partial charge on any atom is -0.462 e. The lowest BCUT2D eigenvalue weighted by Crippen LogP contribution is -2.29. The van der Waals surface area contributed by atoms with Gasteiger partial charge in [-0.05, 0) is 83.5 Å². The molecule has 0 spiro atoms. The number of aliphatic hydroxyl groups is 2. The number of hydrogen-bond acceptors (Lipinski definition) is 11.